The van der Waals surface area contributed by atoms with Crippen LogP contribution in [0, 0.1) is 11.3 Å². The summed E-state index contributed by atoms with van der Waals surface area (Å²) in [6.45, 7) is -0.360. The van der Waals surface area contributed by atoms with Crippen LogP contribution < -0.4 is 4.90 Å². The van der Waals surface area contributed by atoms with Gasteiger partial charge >= 0.3 is 5.97 Å². The van der Waals surface area contributed by atoms with Crippen molar-refractivity contribution in [1.29, 1.82) is 5.26 Å². The summed E-state index contributed by atoms with van der Waals surface area (Å²) in [5.74, 6) is -0.970. The van der Waals surface area contributed by atoms with Gasteiger partial charge in [-0.2, -0.15) is 5.26 Å². The lowest BCUT2D eigenvalue weighted by Gasteiger charge is -2.17. The summed E-state index contributed by atoms with van der Waals surface area (Å²) in [5.41, 5.74) is 1.33. The van der Waals surface area contributed by atoms with Crippen LogP contribution in [-0.4, -0.2) is 25.5 Å². The van der Waals surface area contributed by atoms with Gasteiger partial charge in [0.05, 0.1) is 17.2 Å². The van der Waals surface area contributed by atoms with Crippen molar-refractivity contribution in [2.24, 2.45) is 0 Å². The van der Waals surface area contributed by atoms with Crippen molar-refractivity contribution < 1.29 is 14.3 Å². The third-order valence-electron chi connectivity index (χ3n) is 3.07. The number of benzene rings is 2. The Morgan fingerprint density at radius 3 is 2.55 bits per heavy atom. The lowest BCUT2D eigenvalue weighted by molar-refractivity contribution is -0.121. The Bertz CT molecular complexity index is 720. The average molecular weight is 294 g/mol. The van der Waals surface area contributed by atoms with Crippen LogP contribution in [0.5, 0.6) is 0 Å². The van der Waals surface area contributed by atoms with Crippen molar-refractivity contribution in [3.8, 4) is 6.07 Å². The predicted octanol–water partition coefficient (Wildman–Crippen LogP) is 2.38. The van der Waals surface area contributed by atoms with E-state index < -0.39 is 5.97 Å². The molecule has 0 bridgehead atoms. The highest BCUT2D eigenvalue weighted by Gasteiger charge is 2.14. The zero-order valence-corrected chi connectivity index (χ0v) is 12.0. The number of nitriles is 1. The molecule has 2 aromatic carbocycles. The molecule has 5 heteroatoms. The number of ether oxygens (including phenoxy) is 1. The summed E-state index contributed by atoms with van der Waals surface area (Å²) >= 11 is 0. The van der Waals surface area contributed by atoms with Gasteiger partial charge in [-0.15, -0.1) is 0 Å². The average Bonchev–Trinajstić information content (AvgIpc) is 2.59. The molecule has 0 fully saturated rings. The highest BCUT2D eigenvalue weighted by atomic mass is 16.5. The number of hydrogen-bond donors (Lipinski definition) is 0. The van der Waals surface area contributed by atoms with E-state index in [1.807, 2.05) is 24.3 Å². The highest BCUT2D eigenvalue weighted by Crippen LogP contribution is 2.11. The van der Waals surface area contributed by atoms with Crippen LogP contribution in [0.15, 0.2) is 54.6 Å². The van der Waals surface area contributed by atoms with E-state index in [0.29, 0.717) is 5.56 Å². The fraction of sp³-hybridized carbons (Fsp3) is 0.118. The number of rotatable bonds is 4. The van der Waals surface area contributed by atoms with Gasteiger partial charge in [0.1, 0.15) is 0 Å². The van der Waals surface area contributed by atoms with Crippen LogP contribution in [0.1, 0.15) is 15.9 Å². The number of anilines is 1. The second kappa shape index (κ2) is 7.04. The van der Waals surface area contributed by atoms with Gasteiger partial charge < -0.3 is 9.64 Å². The minimum absolute atomic E-state index is 0.245. The summed E-state index contributed by atoms with van der Waals surface area (Å²) in [6.07, 6.45) is 0. The lowest BCUT2D eigenvalue weighted by atomic mass is 10.1. The molecular formula is C17H14N2O3. The van der Waals surface area contributed by atoms with Crippen LogP contribution in [-0.2, 0) is 9.53 Å². The monoisotopic (exact) mass is 294 g/mol. The van der Waals surface area contributed by atoms with Gasteiger partial charge in [0.25, 0.3) is 5.91 Å². The maximum absolute atomic E-state index is 12.0. The number of amides is 1. The topological polar surface area (TPSA) is 70.4 Å². The van der Waals surface area contributed by atoms with Crippen LogP contribution >= 0.6 is 0 Å². The Hall–Kier alpha value is -3.13. The van der Waals surface area contributed by atoms with E-state index in [1.165, 1.54) is 17.0 Å². The van der Waals surface area contributed by atoms with E-state index in [4.69, 9.17) is 10.00 Å². The summed E-state index contributed by atoms with van der Waals surface area (Å²) in [4.78, 5) is 25.3. The highest BCUT2D eigenvalue weighted by molar-refractivity contribution is 5.96. The molecule has 110 valence electrons. The van der Waals surface area contributed by atoms with Crippen molar-refractivity contribution in [2.75, 3.05) is 18.6 Å². The zero-order valence-electron chi connectivity index (χ0n) is 12.0. The molecule has 0 unspecified atom stereocenters. The molecule has 22 heavy (non-hydrogen) atoms. The predicted molar refractivity (Wildman–Crippen MR) is 81.3 cm³/mol. The Balaban J connectivity index is 1.96. The standard InChI is InChI=1S/C17H14N2O3/c1-19(15-8-3-2-4-9-15)16(20)12-22-17(21)14-7-5-6-13(10-14)11-18/h2-10H,12H2,1H3. The second-order valence-electron chi connectivity index (χ2n) is 4.56. The maximum atomic E-state index is 12.0. The first-order valence-electron chi connectivity index (χ1n) is 6.60. The van der Waals surface area contributed by atoms with Gasteiger partial charge in [0.15, 0.2) is 6.61 Å². The quantitative estimate of drug-likeness (QED) is 0.812. The molecule has 0 aromatic heterocycles. The van der Waals surface area contributed by atoms with E-state index in [1.54, 1.807) is 31.3 Å². The second-order valence-corrected chi connectivity index (χ2v) is 4.56. The first kappa shape index (κ1) is 15.3. The first-order valence-corrected chi connectivity index (χ1v) is 6.60. The van der Waals surface area contributed by atoms with Gasteiger partial charge in [-0.1, -0.05) is 24.3 Å². The Labute approximate surface area is 128 Å². The molecule has 0 aliphatic rings. The molecular weight excluding hydrogens is 280 g/mol. The zero-order chi connectivity index (χ0) is 15.9. The van der Waals surface area contributed by atoms with Crippen LogP contribution in [0.3, 0.4) is 0 Å². The van der Waals surface area contributed by atoms with Crippen molar-refractivity contribution in [1.82, 2.24) is 0 Å². The molecule has 2 aromatic rings. The molecule has 0 radical (unpaired) electrons. The summed E-state index contributed by atoms with van der Waals surface area (Å²) < 4.78 is 4.99. The fourth-order valence-corrected chi connectivity index (χ4v) is 1.82. The van der Waals surface area contributed by atoms with Crippen molar-refractivity contribution in [2.45, 2.75) is 0 Å². The van der Waals surface area contributed by atoms with E-state index in [2.05, 4.69) is 0 Å². The van der Waals surface area contributed by atoms with Gasteiger partial charge in [0.2, 0.25) is 0 Å². The Kier molecular flexibility index (Phi) is 4.89. The molecule has 0 spiro atoms. The molecule has 0 N–H and O–H groups in total. The van der Waals surface area contributed by atoms with E-state index in [9.17, 15) is 9.59 Å². The van der Waals surface area contributed by atoms with Gasteiger partial charge in [-0.25, -0.2) is 4.79 Å². The van der Waals surface area contributed by atoms with Crippen LogP contribution in [0.25, 0.3) is 0 Å². The van der Waals surface area contributed by atoms with Crippen molar-refractivity contribution in [3.05, 3.63) is 65.7 Å². The van der Waals surface area contributed by atoms with E-state index >= 15 is 0 Å². The lowest BCUT2D eigenvalue weighted by Crippen LogP contribution is -2.31. The van der Waals surface area contributed by atoms with Gasteiger partial charge in [-0.3, -0.25) is 4.79 Å². The van der Waals surface area contributed by atoms with Crippen LogP contribution in [0.4, 0.5) is 5.69 Å². The minimum Gasteiger partial charge on any atom is -0.452 e. The number of carbonyl (C=O) groups is 2. The number of esters is 1. The third kappa shape index (κ3) is 3.70. The molecule has 2 rings (SSSR count). The van der Waals surface area contributed by atoms with Crippen LogP contribution in [0.2, 0.25) is 0 Å². The number of carbonyl (C=O) groups excluding carboxylic acids is 2. The molecule has 5 nitrogen and oxygen atoms in total. The van der Waals surface area contributed by atoms with Crippen molar-refractivity contribution in [3.63, 3.8) is 0 Å². The summed E-state index contributed by atoms with van der Waals surface area (Å²) in [5, 5.41) is 8.80. The van der Waals surface area contributed by atoms with E-state index in [-0.39, 0.29) is 18.1 Å². The Morgan fingerprint density at radius 1 is 1.14 bits per heavy atom. The molecule has 0 saturated carbocycles. The largest absolute Gasteiger partial charge is 0.452 e. The number of hydrogen-bond acceptors (Lipinski definition) is 4. The molecule has 0 atom stereocenters. The minimum atomic E-state index is -0.632. The molecule has 0 aliphatic heterocycles. The SMILES string of the molecule is CN(C(=O)COC(=O)c1cccc(C#N)c1)c1ccccc1. The first-order chi connectivity index (χ1) is 10.6. The number of nitrogens with zero attached hydrogens (tertiary/aromatic N) is 2. The summed E-state index contributed by atoms with van der Waals surface area (Å²) in [7, 11) is 1.61. The Morgan fingerprint density at radius 2 is 1.86 bits per heavy atom. The maximum Gasteiger partial charge on any atom is 0.338 e. The molecule has 0 saturated heterocycles. The van der Waals surface area contributed by atoms with Gasteiger partial charge in [-0.05, 0) is 30.3 Å². The molecule has 0 heterocycles. The third-order valence-corrected chi connectivity index (χ3v) is 3.07. The fourth-order valence-electron chi connectivity index (χ4n) is 1.82. The normalized spacial score (nSPS) is 9.64. The van der Waals surface area contributed by atoms with E-state index in [0.717, 1.165) is 5.69 Å². The number of likely N-dealkylation sites (N-methyl/N-ethyl adjacent to an activating group) is 1. The smallest absolute Gasteiger partial charge is 0.338 e. The molecule has 0 aliphatic carbocycles. The number of para-hydroxylation sites is 1. The van der Waals surface area contributed by atoms with Gasteiger partial charge in [0, 0.05) is 12.7 Å². The van der Waals surface area contributed by atoms with Crippen molar-refractivity contribution >= 4 is 17.6 Å². The molecule has 1 amide bonds. The summed E-state index contributed by atoms with van der Waals surface area (Å²) in [6, 6.07) is 17.1.